The van der Waals surface area contributed by atoms with Crippen LogP contribution in [0.25, 0.3) is 0 Å². The molecule has 0 amide bonds. The van der Waals surface area contributed by atoms with E-state index in [0.29, 0.717) is 0 Å². The number of hydrogen-bond acceptors (Lipinski definition) is 5. The Labute approximate surface area is 67.8 Å². The molecule has 7 nitrogen and oxygen atoms in total. The summed E-state index contributed by atoms with van der Waals surface area (Å²) in [5, 5.41) is 22.8. The SMILES string of the molecule is CC(O)Cn1ncnc1[N+](=O)[O-]. The Morgan fingerprint density at radius 2 is 2.58 bits per heavy atom. The van der Waals surface area contributed by atoms with Gasteiger partial charge in [0.05, 0.1) is 6.10 Å². The number of nitrogens with zero attached hydrogens (tertiary/aromatic N) is 4. The third-order valence-electron chi connectivity index (χ3n) is 1.20. The molecule has 12 heavy (non-hydrogen) atoms. The maximum Gasteiger partial charge on any atom is 0.455 e. The molecular weight excluding hydrogens is 164 g/mol. The first-order valence-corrected chi connectivity index (χ1v) is 3.31. The van der Waals surface area contributed by atoms with Gasteiger partial charge in [-0.2, -0.15) is 0 Å². The standard InChI is InChI=1S/C5H8N4O3/c1-4(10)2-8-5(9(11)12)6-3-7-8/h3-4,10H,2H2,1H3. The first-order valence-electron chi connectivity index (χ1n) is 3.31. The highest BCUT2D eigenvalue weighted by atomic mass is 16.6. The van der Waals surface area contributed by atoms with Gasteiger partial charge in [-0.1, -0.05) is 10.1 Å². The van der Waals surface area contributed by atoms with Crippen LogP contribution < -0.4 is 0 Å². The van der Waals surface area contributed by atoms with E-state index in [-0.39, 0.29) is 12.5 Å². The van der Waals surface area contributed by atoms with Crippen molar-refractivity contribution in [3.05, 3.63) is 16.4 Å². The van der Waals surface area contributed by atoms with Crippen LogP contribution in [0, 0.1) is 10.1 Å². The number of rotatable bonds is 3. The van der Waals surface area contributed by atoms with E-state index < -0.39 is 11.0 Å². The Morgan fingerprint density at radius 1 is 1.92 bits per heavy atom. The van der Waals surface area contributed by atoms with Crippen molar-refractivity contribution in [2.24, 2.45) is 0 Å². The molecule has 0 aromatic carbocycles. The van der Waals surface area contributed by atoms with Crippen LogP contribution in [0.2, 0.25) is 0 Å². The molecule has 7 heteroatoms. The smallest absolute Gasteiger partial charge is 0.390 e. The first kappa shape index (κ1) is 8.60. The zero-order chi connectivity index (χ0) is 9.14. The summed E-state index contributed by atoms with van der Waals surface area (Å²) in [7, 11) is 0. The van der Waals surface area contributed by atoms with Crippen molar-refractivity contribution in [1.29, 1.82) is 0 Å². The van der Waals surface area contributed by atoms with E-state index >= 15 is 0 Å². The van der Waals surface area contributed by atoms with Gasteiger partial charge in [-0.05, 0) is 11.8 Å². The molecule has 0 saturated heterocycles. The summed E-state index contributed by atoms with van der Waals surface area (Å²) in [6.45, 7) is 1.60. The Hall–Kier alpha value is -1.50. The second-order valence-electron chi connectivity index (χ2n) is 2.35. The van der Waals surface area contributed by atoms with E-state index in [1.807, 2.05) is 0 Å². The summed E-state index contributed by atoms with van der Waals surface area (Å²) in [5.74, 6) is -0.351. The molecule has 66 valence electrons. The van der Waals surface area contributed by atoms with Gasteiger partial charge in [-0.3, -0.25) is 0 Å². The van der Waals surface area contributed by atoms with Crippen molar-refractivity contribution in [3.8, 4) is 0 Å². The quantitative estimate of drug-likeness (QED) is 0.493. The van der Waals surface area contributed by atoms with Gasteiger partial charge in [0.1, 0.15) is 6.54 Å². The number of aliphatic hydroxyl groups is 1. The summed E-state index contributed by atoms with van der Waals surface area (Å²) in [5.41, 5.74) is 0. The normalized spacial score (nSPS) is 12.8. The molecule has 0 bridgehead atoms. The van der Waals surface area contributed by atoms with Crippen LogP contribution in [0.3, 0.4) is 0 Å². The van der Waals surface area contributed by atoms with Crippen molar-refractivity contribution in [2.75, 3.05) is 0 Å². The van der Waals surface area contributed by atoms with Crippen LogP contribution in [0.5, 0.6) is 0 Å². The van der Waals surface area contributed by atoms with Gasteiger partial charge in [0, 0.05) is 0 Å². The molecule has 0 saturated carbocycles. The van der Waals surface area contributed by atoms with E-state index in [2.05, 4.69) is 10.1 Å². The predicted octanol–water partition coefficient (Wildman–Crippen LogP) is -0.433. The molecule has 0 aliphatic rings. The lowest BCUT2D eigenvalue weighted by Gasteiger charge is -2.00. The van der Waals surface area contributed by atoms with Crippen LogP contribution in [0.15, 0.2) is 6.33 Å². The van der Waals surface area contributed by atoms with Crippen molar-refractivity contribution < 1.29 is 10.0 Å². The minimum Gasteiger partial charge on any atom is -0.390 e. The van der Waals surface area contributed by atoms with Crippen molar-refractivity contribution in [2.45, 2.75) is 19.6 Å². The lowest BCUT2D eigenvalue weighted by molar-refractivity contribution is -0.397. The third-order valence-corrected chi connectivity index (χ3v) is 1.20. The molecule has 0 radical (unpaired) electrons. The third kappa shape index (κ3) is 1.76. The van der Waals surface area contributed by atoms with E-state index in [0.717, 1.165) is 11.0 Å². The van der Waals surface area contributed by atoms with Gasteiger partial charge in [0.25, 0.3) is 0 Å². The fourth-order valence-electron chi connectivity index (χ4n) is 0.779. The van der Waals surface area contributed by atoms with Crippen LogP contribution in [-0.2, 0) is 6.54 Å². The zero-order valence-corrected chi connectivity index (χ0v) is 6.41. The Bertz CT molecular complexity index is 282. The molecule has 1 aromatic rings. The van der Waals surface area contributed by atoms with Gasteiger partial charge in [0.2, 0.25) is 6.33 Å². The van der Waals surface area contributed by atoms with Crippen molar-refractivity contribution in [1.82, 2.24) is 14.8 Å². The molecule has 1 aromatic heterocycles. The maximum absolute atomic E-state index is 10.3. The maximum atomic E-state index is 10.3. The van der Waals surface area contributed by atoms with Gasteiger partial charge in [-0.25, -0.2) is 0 Å². The number of nitro groups is 1. The summed E-state index contributed by atoms with van der Waals surface area (Å²) < 4.78 is 1.05. The first-order chi connectivity index (χ1) is 5.61. The second kappa shape index (κ2) is 3.26. The highest BCUT2D eigenvalue weighted by Crippen LogP contribution is 2.04. The Balaban J connectivity index is 2.84. The van der Waals surface area contributed by atoms with E-state index in [9.17, 15) is 10.1 Å². The van der Waals surface area contributed by atoms with E-state index in [4.69, 9.17) is 5.11 Å². The fraction of sp³-hybridized carbons (Fsp3) is 0.600. The summed E-state index contributed by atoms with van der Waals surface area (Å²) in [6, 6.07) is 0. The Morgan fingerprint density at radius 3 is 3.08 bits per heavy atom. The molecule has 1 unspecified atom stereocenters. The second-order valence-corrected chi connectivity index (χ2v) is 2.35. The van der Waals surface area contributed by atoms with Gasteiger partial charge >= 0.3 is 5.95 Å². The molecular formula is C5H8N4O3. The van der Waals surface area contributed by atoms with E-state index in [1.54, 1.807) is 0 Å². The highest BCUT2D eigenvalue weighted by Gasteiger charge is 2.16. The average Bonchev–Trinajstić information content (AvgIpc) is 2.33. The van der Waals surface area contributed by atoms with Crippen LogP contribution >= 0.6 is 0 Å². The van der Waals surface area contributed by atoms with Gasteiger partial charge < -0.3 is 15.2 Å². The zero-order valence-electron chi connectivity index (χ0n) is 6.41. The van der Waals surface area contributed by atoms with E-state index in [1.165, 1.54) is 6.92 Å². The molecule has 0 fully saturated rings. The number of hydrogen-bond donors (Lipinski definition) is 1. The van der Waals surface area contributed by atoms with Crippen LogP contribution in [-0.4, -0.2) is 30.9 Å². The monoisotopic (exact) mass is 172 g/mol. The number of aromatic nitrogens is 3. The molecule has 1 atom stereocenters. The van der Waals surface area contributed by atoms with Crippen LogP contribution in [0.4, 0.5) is 5.95 Å². The van der Waals surface area contributed by atoms with Crippen molar-refractivity contribution >= 4 is 5.95 Å². The Kier molecular flexibility index (Phi) is 2.34. The summed E-state index contributed by atoms with van der Waals surface area (Å²) >= 11 is 0. The fourth-order valence-corrected chi connectivity index (χ4v) is 0.779. The van der Waals surface area contributed by atoms with Gasteiger partial charge in [-0.15, -0.1) is 4.68 Å². The summed E-state index contributed by atoms with van der Waals surface area (Å²) in [6.07, 6.45) is 0.408. The molecule has 0 aliphatic carbocycles. The lowest BCUT2D eigenvalue weighted by Crippen LogP contribution is -2.14. The van der Waals surface area contributed by atoms with Gasteiger partial charge in [0.15, 0.2) is 0 Å². The average molecular weight is 172 g/mol. The van der Waals surface area contributed by atoms with Crippen molar-refractivity contribution in [3.63, 3.8) is 0 Å². The minimum atomic E-state index is -0.676. The number of aliphatic hydroxyl groups excluding tert-OH is 1. The molecule has 1 rings (SSSR count). The summed E-state index contributed by atoms with van der Waals surface area (Å²) in [4.78, 5) is 13.0. The van der Waals surface area contributed by atoms with Crippen LogP contribution in [0.1, 0.15) is 6.92 Å². The molecule has 1 N–H and O–H groups in total. The lowest BCUT2D eigenvalue weighted by atomic mass is 10.4. The predicted molar refractivity (Wildman–Crippen MR) is 38.4 cm³/mol. The topological polar surface area (TPSA) is 94.1 Å². The molecule has 1 heterocycles. The highest BCUT2D eigenvalue weighted by molar-refractivity contribution is 5.00. The largest absolute Gasteiger partial charge is 0.455 e. The molecule has 0 aliphatic heterocycles. The minimum absolute atomic E-state index is 0.0797. The molecule has 0 spiro atoms.